The molecule has 0 aromatic heterocycles. The third-order valence-corrected chi connectivity index (χ3v) is 4.73. The molecule has 3 rings (SSSR count). The fourth-order valence-corrected chi connectivity index (χ4v) is 3.36. The molecule has 0 bridgehead atoms. The largest absolute Gasteiger partial charge is 0.337 e. The molecule has 0 aliphatic carbocycles. The smallest absolute Gasteiger partial charge is 0.317 e. The summed E-state index contributed by atoms with van der Waals surface area (Å²) in [6, 6.07) is 5.48. The van der Waals surface area contributed by atoms with Gasteiger partial charge in [-0.3, -0.25) is 9.59 Å². The molecule has 2 aliphatic heterocycles. The van der Waals surface area contributed by atoms with Crippen LogP contribution in [0.15, 0.2) is 18.2 Å². The number of nitrogens with zero attached hydrogens (tertiary/aromatic N) is 2. The van der Waals surface area contributed by atoms with Crippen molar-refractivity contribution in [2.45, 2.75) is 39.2 Å². The Labute approximate surface area is 153 Å². The summed E-state index contributed by atoms with van der Waals surface area (Å²) in [7, 11) is 0. The molecule has 0 atom stereocenters. The number of fused-ring (bicyclic) bond motifs is 1. The van der Waals surface area contributed by atoms with E-state index in [2.05, 4.69) is 10.6 Å². The van der Waals surface area contributed by atoms with Crippen LogP contribution in [0.1, 0.15) is 42.6 Å². The maximum absolute atomic E-state index is 12.9. The van der Waals surface area contributed by atoms with Gasteiger partial charge in [-0.05, 0) is 50.5 Å². The van der Waals surface area contributed by atoms with E-state index >= 15 is 0 Å². The Kier molecular flexibility index (Phi) is 5.44. The quantitative estimate of drug-likeness (QED) is 0.846. The highest BCUT2D eigenvalue weighted by Crippen LogP contribution is 2.24. The van der Waals surface area contributed by atoms with Crippen molar-refractivity contribution in [2.24, 2.45) is 0 Å². The second-order valence-electron chi connectivity index (χ2n) is 7.16. The van der Waals surface area contributed by atoms with Gasteiger partial charge in [-0.15, -0.1) is 0 Å². The standard InChI is InChI=1S/C19H26N4O3/c1-13(2)20-19(26)23-9-3-8-22(10-11-23)18(25)15-4-6-16-14(12-15)5-7-17(24)21-16/h4,6,12-13H,3,5,7-11H2,1-2H3,(H,20,26)(H,21,24). The molecular formula is C19H26N4O3. The number of aryl methyl sites for hydroxylation is 1. The van der Waals surface area contributed by atoms with E-state index in [-0.39, 0.29) is 23.9 Å². The fourth-order valence-electron chi connectivity index (χ4n) is 3.36. The SMILES string of the molecule is CC(C)NC(=O)N1CCCN(C(=O)c2ccc3c(c2)CCC(=O)N3)CC1. The number of urea groups is 1. The number of hydrogen-bond donors (Lipinski definition) is 2. The second kappa shape index (κ2) is 7.76. The number of anilines is 1. The molecular weight excluding hydrogens is 332 g/mol. The van der Waals surface area contributed by atoms with Crippen molar-refractivity contribution in [3.63, 3.8) is 0 Å². The maximum Gasteiger partial charge on any atom is 0.317 e. The number of hydrogen-bond acceptors (Lipinski definition) is 3. The van der Waals surface area contributed by atoms with Crippen LogP contribution in [0, 0.1) is 0 Å². The first kappa shape index (κ1) is 18.2. The van der Waals surface area contributed by atoms with Crippen molar-refractivity contribution in [3.05, 3.63) is 29.3 Å². The van der Waals surface area contributed by atoms with Crippen LogP contribution in [0.5, 0.6) is 0 Å². The molecule has 4 amide bonds. The van der Waals surface area contributed by atoms with Gasteiger partial charge in [0.1, 0.15) is 0 Å². The number of amides is 4. The number of carbonyl (C=O) groups is 3. The third kappa shape index (κ3) is 4.15. The van der Waals surface area contributed by atoms with Crippen LogP contribution >= 0.6 is 0 Å². The van der Waals surface area contributed by atoms with Gasteiger partial charge in [0.05, 0.1) is 0 Å². The van der Waals surface area contributed by atoms with Crippen molar-refractivity contribution in [2.75, 3.05) is 31.5 Å². The van der Waals surface area contributed by atoms with Gasteiger partial charge in [0, 0.05) is 49.9 Å². The first-order chi connectivity index (χ1) is 12.4. The summed E-state index contributed by atoms with van der Waals surface area (Å²) in [5, 5.41) is 5.74. The molecule has 2 aliphatic rings. The molecule has 1 saturated heterocycles. The molecule has 7 heteroatoms. The lowest BCUT2D eigenvalue weighted by Gasteiger charge is -2.24. The first-order valence-electron chi connectivity index (χ1n) is 9.21. The van der Waals surface area contributed by atoms with Crippen LogP contribution in [0.3, 0.4) is 0 Å². The van der Waals surface area contributed by atoms with Crippen LogP contribution in [0.4, 0.5) is 10.5 Å². The van der Waals surface area contributed by atoms with Crippen molar-refractivity contribution < 1.29 is 14.4 Å². The molecule has 2 heterocycles. The topological polar surface area (TPSA) is 81.8 Å². The minimum absolute atomic E-state index is 0.0175. The average molecular weight is 358 g/mol. The normalized spacial score (nSPS) is 17.4. The monoisotopic (exact) mass is 358 g/mol. The van der Waals surface area contributed by atoms with Gasteiger partial charge in [0.25, 0.3) is 5.91 Å². The fraction of sp³-hybridized carbons (Fsp3) is 0.526. The summed E-state index contributed by atoms with van der Waals surface area (Å²) >= 11 is 0. The van der Waals surface area contributed by atoms with E-state index in [0.29, 0.717) is 44.6 Å². The number of benzene rings is 1. The Morgan fingerprint density at radius 2 is 1.81 bits per heavy atom. The molecule has 1 fully saturated rings. The highest BCUT2D eigenvalue weighted by Gasteiger charge is 2.24. The molecule has 0 radical (unpaired) electrons. The van der Waals surface area contributed by atoms with Crippen LogP contribution in [0.2, 0.25) is 0 Å². The summed E-state index contributed by atoms with van der Waals surface area (Å²) in [5.41, 5.74) is 2.44. The van der Waals surface area contributed by atoms with Gasteiger partial charge < -0.3 is 20.4 Å². The Bertz CT molecular complexity index is 717. The Balaban J connectivity index is 1.65. The van der Waals surface area contributed by atoms with E-state index in [0.717, 1.165) is 17.7 Å². The minimum Gasteiger partial charge on any atom is -0.337 e. The van der Waals surface area contributed by atoms with Gasteiger partial charge in [-0.25, -0.2) is 4.79 Å². The summed E-state index contributed by atoms with van der Waals surface area (Å²) in [6.45, 7) is 6.22. The Hall–Kier alpha value is -2.57. The summed E-state index contributed by atoms with van der Waals surface area (Å²) in [5.74, 6) is -0.000298. The number of nitrogens with one attached hydrogen (secondary N) is 2. The number of carbonyl (C=O) groups excluding carboxylic acids is 3. The van der Waals surface area contributed by atoms with Gasteiger partial charge in [-0.1, -0.05) is 0 Å². The molecule has 2 N–H and O–H groups in total. The molecule has 26 heavy (non-hydrogen) atoms. The highest BCUT2D eigenvalue weighted by atomic mass is 16.2. The van der Waals surface area contributed by atoms with Gasteiger partial charge in [0.2, 0.25) is 5.91 Å². The van der Waals surface area contributed by atoms with Gasteiger partial charge in [-0.2, -0.15) is 0 Å². The Morgan fingerprint density at radius 1 is 1.08 bits per heavy atom. The molecule has 7 nitrogen and oxygen atoms in total. The van der Waals surface area contributed by atoms with Crippen LogP contribution in [0.25, 0.3) is 0 Å². The molecule has 0 saturated carbocycles. The van der Waals surface area contributed by atoms with E-state index in [9.17, 15) is 14.4 Å². The third-order valence-electron chi connectivity index (χ3n) is 4.73. The van der Waals surface area contributed by atoms with Crippen molar-refractivity contribution in [1.29, 1.82) is 0 Å². The van der Waals surface area contributed by atoms with Crippen LogP contribution < -0.4 is 10.6 Å². The highest BCUT2D eigenvalue weighted by molar-refractivity contribution is 5.98. The van der Waals surface area contributed by atoms with Gasteiger partial charge >= 0.3 is 6.03 Å². The lowest BCUT2D eigenvalue weighted by Crippen LogP contribution is -2.44. The Morgan fingerprint density at radius 3 is 2.58 bits per heavy atom. The van der Waals surface area contributed by atoms with E-state index in [1.807, 2.05) is 24.8 Å². The van der Waals surface area contributed by atoms with E-state index < -0.39 is 0 Å². The van der Waals surface area contributed by atoms with Crippen molar-refractivity contribution >= 4 is 23.5 Å². The average Bonchev–Trinajstić information content (AvgIpc) is 2.86. The summed E-state index contributed by atoms with van der Waals surface area (Å²) in [4.78, 5) is 40.1. The maximum atomic E-state index is 12.9. The van der Waals surface area contributed by atoms with Crippen LogP contribution in [-0.2, 0) is 11.2 Å². The molecule has 0 spiro atoms. The summed E-state index contributed by atoms with van der Waals surface area (Å²) < 4.78 is 0. The second-order valence-corrected chi connectivity index (χ2v) is 7.16. The minimum atomic E-state index is -0.0705. The molecule has 1 aromatic carbocycles. The first-order valence-corrected chi connectivity index (χ1v) is 9.21. The number of rotatable bonds is 2. The van der Waals surface area contributed by atoms with Crippen LogP contribution in [-0.4, -0.2) is 59.9 Å². The molecule has 1 aromatic rings. The lowest BCUT2D eigenvalue weighted by molar-refractivity contribution is -0.116. The van der Waals surface area contributed by atoms with E-state index in [4.69, 9.17) is 0 Å². The molecule has 140 valence electrons. The zero-order valence-electron chi connectivity index (χ0n) is 15.4. The lowest BCUT2D eigenvalue weighted by atomic mass is 10.00. The van der Waals surface area contributed by atoms with Crippen molar-refractivity contribution in [1.82, 2.24) is 15.1 Å². The van der Waals surface area contributed by atoms with Crippen molar-refractivity contribution in [3.8, 4) is 0 Å². The predicted molar refractivity (Wildman–Crippen MR) is 99.2 cm³/mol. The van der Waals surface area contributed by atoms with E-state index in [1.54, 1.807) is 17.0 Å². The van der Waals surface area contributed by atoms with E-state index in [1.165, 1.54) is 0 Å². The molecule has 0 unspecified atom stereocenters. The summed E-state index contributed by atoms with van der Waals surface area (Å²) in [6.07, 6.45) is 1.87. The zero-order chi connectivity index (χ0) is 18.7. The van der Waals surface area contributed by atoms with Gasteiger partial charge in [0.15, 0.2) is 0 Å². The predicted octanol–water partition coefficient (Wildman–Crippen LogP) is 1.84. The zero-order valence-corrected chi connectivity index (χ0v) is 15.4.